The number of benzene rings is 1. The van der Waals surface area contributed by atoms with Gasteiger partial charge < -0.3 is 15.2 Å². The van der Waals surface area contributed by atoms with Crippen LogP contribution < -0.4 is 5.73 Å². The van der Waals surface area contributed by atoms with E-state index in [9.17, 15) is 4.79 Å². The zero-order chi connectivity index (χ0) is 26.6. The lowest BCUT2D eigenvalue weighted by Gasteiger charge is -2.35. The van der Waals surface area contributed by atoms with Gasteiger partial charge in [0.2, 0.25) is 0 Å². The van der Waals surface area contributed by atoms with Crippen molar-refractivity contribution in [1.82, 2.24) is 29.2 Å². The van der Waals surface area contributed by atoms with Crippen LogP contribution in [0.3, 0.4) is 0 Å². The van der Waals surface area contributed by atoms with Gasteiger partial charge in [0.25, 0.3) is 5.91 Å². The van der Waals surface area contributed by atoms with E-state index in [1.807, 2.05) is 38.1 Å². The van der Waals surface area contributed by atoms with Crippen LogP contribution in [-0.2, 0) is 25.4 Å². The summed E-state index contributed by atoms with van der Waals surface area (Å²) >= 11 is 1.55. The Kier molecular flexibility index (Phi) is 6.14. The van der Waals surface area contributed by atoms with Crippen molar-refractivity contribution in [3.05, 3.63) is 64.7 Å². The van der Waals surface area contributed by atoms with E-state index in [0.29, 0.717) is 11.4 Å². The van der Waals surface area contributed by atoms with Gasteiger partial charge in [-0.15, -0.1) is 0 Å². The van der Waals surface area contributed by atoms with Crippen LogP contribution >= 0.6 is 11.8 Å². The molecule has 9 heteroatoms. The Hall–Kier alpha value is -3.59. The molecule has 1 unspecified atom stereocenters. The number of hydrogen-bond acceptors (Lipinski definition) is 6. The van der Waals surface area contributed by atoms with E-state index in [-0.39, 0.29) is 16.7 Å². The minimum absolute atomic E-state index is 0.0174. The van der Waals surface area contributed by atoms with Gasteiger partial charge in [-0.05, 0) is 42.5 Å². The van der Waals surface area contributed by atoms with E-state index in [1.165, 1.54) is 11.1 Å². The van der Waals surface area contributed by atoms with Gasteiger partial charge in [0.05, 0.1) is 27.4 Å². The number of carbonyl (C=O) groups is 1. The van der Waals surface area contributed by atoms with E-state index >= 15 is 0 Å². The molecular weight excluding hydrogens is 482 g/mol. The average Bonchev–Trinajstić information content (AvgIpc) is 3.50. The fraction of sp³-hybridized carbons (Fsp3) is 0.357. The second kappa shape index (κ2) is 9.06. The van der Waals surface area contributed by atoms with Crippen molar-refractivity contribution in [3.8, 4) is 22.5 Å². The van der Waals surface area contributed by atoms with Crippen LogP contribution in [0.25, 0.3) is 33.5 Å². The molecule has 0 saturated heterocycles. The Morgan fingerprint density at radius 3 is 2.51 bits per heavy atom. The Balaban J connectivity index is 1.50. The van der Waals surface area contributed by atoms with Crippen LogP contribution in [0.2, 0.25) is 0 Å². The van der Waals surface area contributed by atoms with Crippen molar-refractivity contribution in [3.63, 3.8) is 0 Å². The molecule has 1 amide bonds. The lowest BCUT2D eigenvalue weighted by Crippen LogP contribution is -2.35. The lowest BCUT2D eigenvalue weighted by molar-refractivity contribution is -0.113. The van der Waals surface area contributed by atoms with Gasteiger partial charge in [-0.2, -0.15) is 5.10 Å². The molecule has 4 heterocycles. The molecule has 0 saturated carbocycles. The van der Waals surface area contributed by atoms with Crippen molar-refractivity contribution in [2.24, 2.45) is 25.2 Å². The molecule has 0 spiro atoms. The maximum Gasteiger partial charge on any atom is 0.256 e. The van der Waals surface area contributed by atoms with Crippen molar-refractivity contribution in [2.45, 2.75) is 46.5 Å². The largest absolute Gasteiger partial charge is 0.365 e. The van der Waals surface area contributed by atoms with Gasteiger partial charge in [-0.1, -0.05) is 44.7 Å². The first-order valence-electron chi connectivity index (χ1n) is 12.3. The molecule has 0 bridgehead atoms. The van der Waals surface area contributed by atoms with Gasteiger partial charge in [-0.25, -0.2) is 9.97 Å². The highest BCUT2D eigenvalue weighted by Gasteiger charge is 2.36. The summed E-state index contributed by atoms with van der Waals surface area (Å²) in [6.45, 7) is 11.4. The zero-order valence-electron chi connectivity index (χ0n) is 22.4. The van der Waals surface area contributed by atoms with Crippen molar-refractivity contribution >= 4 is 28.7 Å². The number of aryl methyl sites for hydroxylation is 4. The molecule has 2 N–H and O–H groups in total. The molecule has 192 valence electrons. The van der Waals surface area contributed by atoms with Gasteiger partial charge in [-0.3, -0.25) is 9.48 Å². The van der Waals surface area contributed by atoms with Gasteiger partial charge in [0.1, 0.15) is 12.0 Å². The predicted molar refractivity (Wildman–Crippen MR) is 149 cm³/mol. The van der Waals surface area contributed by atoms with Crippen LogP contribution in [0.15, 0.2) is 47.9 Å². The monoisotopic (exact) mass is 515 g/mol. The number of nitrogens with two attached hydrogens (primary N) is 1. The number of hydrogen-bond donors (Lipinski definition) is 1. The second-order valence-corrected chi connectivity index (χ2v) is 12.0. The number of amides is 1. The molecule has 0 aliphatic carbocycles. The zero-order valence-corrected chi connectivity index (χ0v) is 23.2. The second-order valence-electron chi connectivity index (χ2n) is 10.9. The van der Waals surface area contributed by atoms with Crippen LogP contribution in [-0.4, -0.2) is 40.5 Å². The topological polar surface area (TPSA) is 94.9 Å². The summed E-state index contributed by atoms with van der Waals surface area (Å²) in [6, 6.07) is 8.63. The van der Waals surface area contributed by atoms with Crippen molar-refractivity contribution in [2.75, 3.05) is 0 Å². The van der Waals surface area contributed by atoms with Gasteiger partial charge >= 0.3 is 0 Å². The van der Waals surface area contributed by atoms with E-state index in [1.54, 1.807) is 18.1 Å². The summed E-state index contributed by atoms with van der Waals surface area (Å²) in [4.78, 5) is 24.0. The highest BCUT2D eigenvalue weighted by atomic mass is 32.2. The van der Waals surface area contributed by atoms with Gasteiger partial charge in [0, 0.05) is 49.6 Å². The van der Waals surface area contributed by atoms with E-state index in [0.717, 1.165) is 39.2 Å². The van der Waals surface area contributed by atoms with E-state index < -0.39 is 0 Å². The number of aromatic nitrogens is 5. The molecule has 4 aromatic rings. The summed E-state index contributed by atoms with van der Waals surface area (Å²) in [5.74, 6) is -0.370. The first kappa shape index (κ1) is 25.1. The standard InChI is InChI=1S/C28H33N7OS/c1-16-10-18(8-9-19(16)12-35-14-23(25(29)36)37-27(35)28(3,4)5)24-20-11-22(21-13-33(6)32-17(21)2)34(7)26(20)31-15-30-24/h8-11,13-15,27H,12H2,1-7H3,(H2,29,36). The number of nitrogens with zero attached hydrogens (tertiary/aromatic N) is 6. The first-order chi connectivity index (χ1) is 17.4. The maximum absolute atomic E-state index is 11.9. The van der Waals surface area contributed by atoms with Crippen LogP contribution in [0.5, 0.6) is 0 Å². The molecule has 8 nitrogen and oxygen atoms in total. The summed E-state index contributed by atoms with van der Waals surface area (Å²) < 4.78 is 3.94. The normalized spacial score (nSPS) is 16.0. The molecule has 3 aromatic heterocycles. The summed E-state index contributed by atoms with van der Waals surface area (Å²) in [5, 5.41) is 5.65. The molecule has 1 aromatic carbocycles. The number of rotatable bonds is 5. The van der Waals surface area contributed by atoms with Crippen LogP contribution in [0.1, 0.15) is 37.6 Å². The minimum Gasteiger partial charge on any atom is -0.365 e. The Bertz CT molecular complexity index is 1560. The quantitative estimate of drug-likeness (QED) is 0.406. The molecule has 0 fully saturated rings. The Morgan fingerprint density at radius 2 is 1.89 bits per heavy atom. The van der Waals surface area contributed by atoms with Crippen molar-refractivity contribution in [1.29, 1.82) is 0 Å². The Morgan fingerprint density at radius 1 is 1.14 bits per heavy atom. The first-order valence-corrected chi connectivity index (χ1v) is 13.2. The third-order valence-electron chi connectivity index (χ3n) is 6.89. The lowest BCUT2D eigenvalue weighted by atomic mass is 9.95. The fourth-order valence-electron chi connectivity index (χ4n) is 5.05. The molecule has 0 radical (unpaired) electrons. The number of thioether (sulfide) groups is 1. The Labute approximate surface area is 221 Å². The molecular formula is C28H33N7OS. The van der Waals surface area contributed by atoms with Crippen LogP contribution in [0, 0.1) is 19.3 Å². The summed E-state index contributed by atoms with van der Waals surface area (Å²) in [5.41, 5.74) is 13.9. The molecule has 1 atom stereocenters. The molecule has 1 aliphatic rings. The third kappa shape index (κ3) is 4.52. The fourth-order valence-corrected chi connectivity index (χ4v) is 6.23. The average molecular weight is 516 g/mol. The molecule has 5 rings (SSSR count). The summed E-state index contributed by atoms with van der Waals surface area (Å²) in [6.07, 6.45) is 5.58. The van der Waals surface area contributed by atoms with Crippen molar-refractivity contribution < 1.29 is 4.79 Å². The highest BCUT2D eigenvalue weighted by molar-refractivity contribution is 8.04. The molecule has 1 aliphatic heterocycles. The minimum atomic E-state index is -0.370. The number of primary amides is 1. The highest BCUT2D eigenvalue weighted by Crippen LogP contribution is 2.43. The maximum atomic E-state index is 11.9. The number of fused-ring (bicyclic) bond motifs is 1. The smallest absolute Gasteiger partial charge is 0.256 e. The summed E-state index contributed by atoms with van der Waals surface area (Å²) in [7, 11) is 3.96. The molecule has 37 heavy (non-hydrogen) atoms. The van der Waals surface area contributed by atoms with Crippen LogP contribution in [0.4, 0.5) is 0 Å². The number of carbonyl (C=O) groups excluding carboxylic acids is 1. The third-order valence-corrected chi connectivity index (χ3v) is 8.65. The van der Waals surface area contributed by atoms with Gasteiger partial charge in [0.15, 0.2) is 0 Å². The van der Waals surface area contributed by atoms with E-state index in [2.05, 4.69) is 76.5 Å². The SMILES string of the molecule is Cc1cc(-c2ncnc3c2cc(-c2cn(C)nc2C)n3C)ccc1CN1C=C(C(N)=O)SC1C(C)(C)C. The van der Waals surface area contributed by atoms with E-state index in [4.69, 9.17) is 5.73 Å². The predicted octanol–water partition coefficient (Wildman–Crippen LogP) is 4.90.